The van der Waals surface area contributed by atoms with Crippen LogP contribution < -0.4 is 15.4 Å². The lowest BCUT2D eigenvalue weighted by Crippen LogP contribution is -2.32. The molecule has 3 aromatic carbocycles. The van der Waals surface area contributed by atoms with Crippen molar-refractivity contribution in [3.8, 4) is 11.5 Å². The first kappa shape index (κ1) is 28.9. The van der Waals surface area contributed by atoms with Gasteiger partial charge in [0.15, 0.2) is 0 Å². The number of halogens is 3. The zero-order valence-corrected chi connectivity index (χ0v) is 21.6. The SMILES string of the molecule is CC(Cc1ccc2[nH]c(C(=O)NCc3ccccc3OC(F)(F)F)cc2c1)NCC(O)c1ccc(O)c(CO)c1. The van der Waals surface area contributed by atoms with Gasteiger partial charge in [0, 0.05) is 41.2 Å². The predicted molar refractivity (Wildman–Crippen MR) is 143 cm³/mol. The molecule has 40 heavy (non-hydrogen) atoms. The van der Waals surface area contributed by atoms with E-state index in [1.165, 1.54) is 24.3 Å². The van der Waals surface area contributed by atoms with E-state index >= 15 is 0 Å². The van der Waals surface area contributed by atoms with E-state index in [0.29, 0.717) is 17.5 Å². The van der Waals surface area contributed by atoms with Crippen LogP contribution in [0.15, 0.2) is 66.7 Å². The summed E-state index contributed by atoms with van der Waals surface area (Å²) >= 11 is 0. The van der Waals surface area contributed by atoms with Crippen molar-refractivity contribution in [2.24, 2.45) is 0 Å². The van der Waals surface area contributed by atoms with Crippen LogP contribution in [0.25, 0.3) is 10.9 Å². The van der Waals surface area contributed by atoms with Crippen molar-refractivity contribution in [3.63, 3.8) is 0 Å². The van der Waals surface area contributed by atoms with E-state index in [9.17, 15) is 33.3 Å². The normalized spacial score (nSPS) is 13.2. The van der Waals surface area contributed by atoms with E-state index in [-0.39, 0.29) is 48.5 Å². The fourth-order valence-corrected chi connectivity index (χ4v) is 4.37. The van der Waals surface area contributed by atoms with E-state index in [4.69, 9.17) is 0 Å². The fourth-order valence-electron chi connectivity index (χ4n) is 4.37. The summed E-state index contributed by atoms with van der Waals surface area (Å²) < 4.78 is 42.0. The molecule has 6 N–H and O–H groups in total. The molecule has 0 bridgehead atoms. The number of ether oxygens (including phenoxy) is 1. The van der Waals surface area contributed by atoms with Gasteiger partial charge in [-0.25, -0.2) is 0 Å². The first-order chi connectivity index (χ1) is 19.0. The number of rotatable bonds is 11. The Balaban J connectivity index is 1.34. The summed E-state index contributed by atoms with van der Waals surface area (Å²) in [6, 6.07) is 17.6. The number of hydrogen-bond donors (Lipinski definition) is 6. The molecule has 0 aliphatic rings. The predicted octanol–water partition coefficient (Wildman–Crippen LogP) is 4.45. The number of aliphatic hydroxyl groups excluding tert-OH is 2. The van der Waals surface area contributed by atoms with E-state index in [1.54, 1.807) is 24.3 Å². The Morgan fingerprint density at radius 2 is 1.82 bits per heavy atom. The van der Waals surface area contributed by atoms with E-state index in [0.717, 1.165) is 16.5 Å². The zero-order chi connectivity index (χ0) is 28.9. The van der Waals surface area contributed by atoms with Gasteiger partial charge in [0.25, 0.3) is 5.91 Å². The standard InChI is InChI=1S/C29H30F3N3O5/c1-17(33-15-26(38)19-7-9-25(37)22(12-19)16-36)10-18-6-8-23-21(11-18)13-24(35-23)28(39)34-14-20-4-2-3-5-27(20)40-29(30,31)32/h2-9,11-13,17,26,33,35-38H,10,14-16H2,1H3,(H,34,39). The van der Waals surface area contributed by atoms with Crippen LogP contribution >= 0.6 is 0 Å². The Morgan fingerprint density at radius 3 is 2.58 bits per heavy atom. The number of aliphatic hydroxyl groups is 2. The second-order valence-corrected chi connectivity index (χ2v) is 9.52. The number of H-pyrrole nitrogens is 1. The van der Waals surface area contributed by atoms with Gasteiger partial charge in [0.05, 0.1) is 12.7 Å². The van der Waals surface area contributed by atoms with Crippen molar-refractivity contribution in [1.29, 1.82) is 0 Å². The Hall–Kier alpha value is -4.06. The largest absolute Gasteiger partial charge is 0.573 e. The van der Waals surface area contributed by atoms with E-state index in [1.807, 2.05) is 25.1 Å². The molecule has 0 aliphatic heterocycles. The van der Waals surface area contributed by atoms with Crippen molar-refractivity contribution < 1.29 is 38.0 Å². The lowest BCUT2D eigenvalue weighted by molar-refractivity contribution is -0.274. The summed E-state index contributed by atoms with van der Waals surface area (Å²) in [6.07, 6.45) is -5.02. The van der Waals surface area contributed by atoms with Crippen LogP contribution in [0, 0.1) is 0 Å². The highest BCUT2D eigenvalue weighted by molar-refractivity contribution is 5.98. The number of alkyl halides is 3. The maximum absolute atomic E-state index is 12.7. The molecule has 0 fully saturated rings. The van der Waals surface area contributed by atoms with Gasteiger partial charge in [-0.15, -0.1) is 13.2 Å². The lowest BCUT2D eigenvalue weighted by atomic mass is 10.0. The van der Waals surface area contributed by atoms with Gasteiger partial charge in [0.1, 0.15) is 17.2 Å². The third kappa shape index (κ3) is 7.53. The Labute approximate surface area is 228 Å². The van der Waals surface area contributed by atoms with Gasteiger partial charge in [-0.05, 0) is 60.9 Å². The number of benzene rings is 3. The molecule has 0 saturated carbocycles. The molecular formula is C29H30F3N3O5. The van der Waals surface area contributed by atoms with Crippen LogP contribution in [0.5, 0.6) is 11.5 Å². The Kier molecular flexibility index (Phi) is 8.98. The van der Waals surface area contributed by atoms with Gasteiger partial charge in [-0.3, -0.25) is 4.79 Å². The first-order valence-electron chi connectivity index (χ1n) is 12.6. The average Bonchev–Trinajstić information content (AvgIpc) is 3.34. The number of nitrogens with one attached hydrogen (secondary N) is 3. The molecule has 4 rings (SSSR count). The van der Waals surface area contributed by atoms with Gasteiger partial charge < -0.3 is 35.7 Å². The van der Waals surface area contributed by atoms with Crippen molar-refractivity contribution in [2.45, 2.75) is 45.0 Å². The molecule has 212 valence electrons. The minimum atomic E-state index is -4.83. The number of carbonyl (C=O) groups is 1. The minimum absolute atomic E-state index is 0.00206. The second kappa shape index (κ2) is 12.4. The molecule has 0 spiro atoms. The fraction of sp³-hybridized carbons (Fsp3) is 0.276. The topological polar surface area (TPSA) is 127 Å². The molecule has 1 aromatic heterocycles. The smallest absolute Gasteiger partial charge is 0.508 e. The summed E-state index contributed by atoms with van der Waals surface area (Å²) in [5.74, 6) is -0.867. The van der Waals surface area contributed by atoms with Gasteiger partial charge in [-0.1, -0.05) is 30.3 Å². The number of aromatic nitrogens is 1. The highest BCUT2D eigenvalue weighted by atomic mass is 19.4. The summed E-state index contributed by atoms with van der Waals surface area (Å²) in [6.45, 7) is 1.77. The number of para-hydroxylation sites is 1. The molecule has 1 amide bonds. The third-order valence-electron chi connectivity index (χ3n) is 6.43. The van der Waals surface area contributed by atoms with Crippen LogP contribution in [0.1, 0.15) is 45.8 Å². The average molecular weight is 558 g/mol. The monoisotopic (exact) mass is 557 g/mol. The summed E-state index contributed by atoms with van der Waals surface area (Å²) in [4.78, 5) is 15.7. The molecular weight excluding hydrogens is 527 g/mol. The van der Waals surface area contributed by atoms with Crippen LogP contribution in [0.3, 0.4) is 0 Å². The molecule has 0 saturated heterocycles. The quantitative estimate of drug-likeness (QED) is 0.162. The van der Waals surface area contributed by atoms with Crippen molar-refractivity contribution >= 4 is 16.8 Å². The van der Waals surface area contributed by atoms with Crippen molar-refractivity contribution in [3.05, 3.63) is 94.7 Å². The second-order valence-electron chi connectivity index (χ2n) is 9.52. The zero-order valence-electron chi connectivity index (χ0n) is 21.6. The molecule has 2 atom stereocenters. The Bertz CT molecular complexity index is 1470. The number of aromatic hydroxyl groups is 1. The maximum atomic E-state index is 12.7. The molecule has 8 nitrogen and oxygen atoms in total. The van der Waals surface area contributed by atoms with E-state index < -0.39 is 18.4 Å². The molecule has 4 aromatic rings. The summed E-state index contributed by atoms with van der Waals surface area (Å²) in [7, 11) is 0. The lowest BCUT2D eigenvalue weighted by Gasteiger charge is -2.18. The molecule has 0 aliphatic carbocycles. The van der Waals surface area contributed by atoms with Gasteiger partial charge >= 0.3 is 6.36 Å². The molecule has 0 radical (unpaired) electrons. The number of carbonyl (C=O) groups excluding carboxylic acids is 1. The minimum Gasteiger partial charge on any atom is -0.508 e. The van der Waals surface area contributed by atoms with Crippen LogP contribution in [0.2, 0.25) is 0 Å². The third-order valence-corrected chi connectivity index (χ3v) is 6.43. The van der Waals surface area contributed by atoms with Gasteiger partial charge in [0.2, 0.25) is 0 Å². The van der Waals surface area contributed by atoms with Crippen LogP contribution in [-0.4, -0.2) is 45.2 Å². The Morgan fingerprint density at radius 1 is 1.05 bits per heavy atom. The molecule has 1 heterocycles. The van der Waals surface area contributed by atoms with Gasteiger partial charge in [-0.2, -0.15) is 0 Å². The highest BCUT2D eigenvalue weighted by Gasteiger charge is 2.32. The summed E-state index contributed by atoms with van der Waals surface area (Å²) in [5.41, 5.74) is 3.12. The van der Waals surface area contributed by atoms with Crippen molar-refractivity contribution in [2.75, 3.05) is 6.54 Å². The number of amides is 1. The van der Waals surface area contributed by atoms with Crippen LogP contribution in [-0.2, 0) is 19.6 Å². The first-order valence-corrected chi connectivity index (χ1v) is 12.6. The van der Waals surface area contributed by atoms with Crippen molar-refractivity contribution in [1.82, 2.24) is 15.6 Å². The van der Waals surface area contributed by atoms with E-state index in [2.05, 4.69) is 20.4 Å². The maximum Gasteiger partial charge on any atom is 0.573 e. The summed E-state index contributed by atoms with van der Waals surface area (Å²) in [5, 5.41) is 36.2. The number of fused-ring (bicyclic) bond motifs is 1. The van der Waals surface area contributed by atoms with Crippen LogP contribution in [0.4, 0.5) is 13.2 Å². The highest BCUT2D eigenvalue weighted by Crippen LogP contribution is 2.26. The number of hydrogen-bond acceptors (Lipinski definition) is 6. The molecule has 11 heteroatoms. The number of aromatic amines is 1. The number of phenols is 1. The molecule has 2 unspecified atom stereocenters.